The SMILES string of the molecule is COc1ccc(CN2C(=O)CCC(n3c(=O)n(C)c4c(N5CCC(C=O)CC5)c(F)ccc43)C2=O)cc1. The van der Waals surface area contributed by atoms with Crippen LogP contribution >= 0.6 is 0 Å². The van der Waals surface area contributed by atoms with Gasteiger partial charge in [-0.15, -0.1) is 0 Å². The molecule has 5 rings (SSSR count). The van der Waals surface area contributed by atoms with Gasteiger partial charge in [-0.2, -0.15) is 0 Å². The van der Waals surface area contributed by atoms with Gasteiger partial charge in [0.1, 0.15) is 23.9 Å². The van der Waals surface area contributed by atoms with Crippen molar-refractivity contribution in [1.82, 2.24) is 14.0 Å². The molecule has 10 heteroatoms. The molecule has 2 aliphatic rings. The van der Waals surface area contributed by atoms with Crippen LogP contribution in [0, 0.1) is 11.7 Å². The Morgan fingerprint density at radius 2 is 1.73 bits per heavy atom. The number of nitrogens with zero attached hydrogens (tertiary/aromatic N) is 4. The molecule has 2 fully saturated rings. The summed E-state index contributed by atoms with van der Waals surface area (Å²) in [5.74, 6) is -0.606. The van der Waals surface area contributed by atoms with Crippen molar-refractivity contribution in [3.8, 4) is 5.75 Å². The number of imide groups is 1. The number of rotatable bonds is 6. The van der Waals surface area contributed by atoms with Crippen LogP contribution in [0.4, 0.5) is 10.1 Å². The summed E-state index contributed by atoms with van der Waals surface area (Å²) in [6.45, 7) is 1.07. The lowest BCUT2D eigenvalue weighted by Gasteiger charge is -2.32. The van der Waals surface area contributed by atoms with Crippen molar-refractivity contribution >= 4 is 34.8 Å². The van der Waals surface area contributed by atoms with Crippen molar-refractivity contribution < 1.29 is 23.5 Å². The molecule has 0 aliphatic carbocycles. The fraction of sp³-hybridized carbons (Fsp3) is 0.407. The highest BCUT2D eigenvalue weighted by atomic mass is 19.1. The number of hydrogen-bond donors (Lipinski definition) is 0. The number of piperidine rings is 2. The molecule has 0 spiro atoms. The lowest BCUT2D eigenvalue weighted by atomic mass is 9.98. The number of carbonyl (C=O) groups is 3. The molecule has 2 aromatic carbocycles. The highest BCUT2D eigenvalue weighted by Gasteiger charge is 2.38. The molecule has 2 saturated heterocycles. The first-order valence-electron chi connectivity index (χ1n) is 12.4. The van der Waals surface area contributed by atoms with Crippen molar-refractivity contribution in [3.05, 3.63) is 58.3 Å². The first-order valence-corrected chi connectivity index (χ1v) is 12.4. The second-order valence-corrected chi connectivity index (χ2v) is 9.66. The van der Waals surface area contributed by atoms with E-state index in [9.17, 15) is 19.2 Å². The zero-order valence-corrected chi connectivity index (χ0v) is 20.9. The van der Waals surface area contributed by atoms with Crippen LogP contribution in [0.5, 0.6) is 5.75 Å². The minimum Gasteiger partial charge on any atom is -0.497 e. The monoisotopic (exact) mass is 508 g/mol. The number of anilines is 1. The number of aryl methyl sites for hydroxylation is 1. The molecule has 1 unspecified atom stereocenters. The maximum absolute atomic E-state index is 15.2. The van der Waals surface area contributed by atoms with Gasteiger partial charge in [-0.25, -0.2) is 9.18 Å². The zero-order chi connectivity index (χ0) is 26.3. The summed E-state index contributed by atoms with van der Waals surface area (Å²) < 4.78 is 23.1. The molecule has 2 aliphatic heterocycles. The summed E-state index contributed by atoms with van der Waals surface area (Å²) in [6, 6.07) is 9.04. The number of imidazole rings is 1. The third kappa shape index (κ3) is 4.30. The minimum absolute atomic E-state index is 0.0546. The van der Waals surface area contributed by atoms with Gasteiger partial charge in [-0.1, -0.05) is 12.1 Å². The van der Waals surface area contributed by atoms with E-state index in [1.807, 2.05) is 4.90 Å². The standard InChI is InChI=1S/C27H29FN4O5/c1-29-25-21(8-7-20(28)24(25)30-13-11-18(16-33)12-14-30)32(27(29)36)22-9-10-23(34)31(26(22)35)15-17-3-5-19(37-2)6-4-17/h3-8,16,18,22H,9-15H2,1-2H3. The van der Waals surface area contributed by atoms with Crippen LogP contribution in [-0.4, -0.2) is 52.3 Å². The van der Waals surface area contributed by atoms with Crippen LogP contribution in [0.15, 0.2) is 41.2 Å². The van der Waals surface area contributed by atoms with Crippen molar-refractivity contribution in [2.24, 2.45) is 13.0 Å². The molecule has 37 heavy (non-hydrogen) atoms. The third-order valence-corrected chi connectivity index (χ3v) is 7.51. The van der Waals surface area contributed by atoms with Gasteiger partial charge in [0.15, 0.2) is 0 Å². The first-order chi connectivity index (χ1) is 17.8. The molecule has 0 bridgehead atoms. The van der Waals surface area contributed by atoms with Crippen LogP contribution < -0.4 is 15.3 Å². The molecule has 2 amide bonds. The normalized spacial score (nSPS) is 19.1. The fourth-order valence-corrected chi connectivity index (χ4v) is 5.43. The van der Waals surface area contributed by atoms with Gasteiger partial charge in [0.2, 0.25) is 5.91 Å². The van der Waals surface area contributed by atoms with Crippen LogP contribution in [0.3, 0.4) is 0 Å². The third-order valence-electron chi connectivity index (χ3n) is 7.51. The summed E-state index contributed by atoms with van der Waals surface area (Å²) in [6.07, 6.45) is 2.46. The van der Waals surface area contributed by atoms with E-state index in [4.69, 9.17) is 4.74 Å². The predicted molar refractivity (Wildman–Crippen MR) is 135 cm³/mol. The van der Waals surface area contributed by atoms with Crippen LogP contribution in [-0.2, 0) is 28.0 Å². The highest BCUT2D eigenvalue weighted by Crippen LogP contribution is 2.35. The largest absolute Gasteiger partial charge is 0.497 e. The maximum atomic E-state index is 15.2. The molecule has 1 aromatic heterocycles. The highest BCUT2D eigenvalue weighted by molar-refractivity contribution is 6.00. The fourth-order valence-electron chi connectivity index (χ4n) is 5.43. The Bertz CT molecular complexity index is 1420. The quantitative estimate of drug-likeness (QED) is 0.376. The molecule has 194 valence electrons. The van der Waals surface area contributed by atoms with Gasteiger partial charge < -0.3 is 14.4 Å². The summed E-state index contributed by atoms with van der Waals surface area (Å²) >= 11 is 0. The summed E-state index contributed by atoms with van der Waals surface area (Å²) in [5.41, 5.74) is 1.47. The molecule has 0 saturated carbocycles. The van der Waals surface area contributed by atoms with E-state index < -0.39 is 23.5 Å². The van der Waals surface area contributed by atoms with E-state index in [1.165, 1.54) is 26.2 Å². The average Bonchev–Trinajstić information content (AvgIpc) is 3.16. The molecular formula is C27H29FN4O5. The van der Waals surface area contributed by atoms with E-state index in [2.05, 4.69) is 0 Å². The summed E-state index contributed by atoms with van der Waals surface area (Å²) in [5, 5.41) is 0. The molecule has 0 N–H and O–H groups in total. The second-order valence-electron chi connectivity index (χ2n) is 9.66. The number of ether oxygens (including phenoxy) is 1. The number of carbonyl (C=O) groups excluding carboxylic acids is 3. The van der Waals surface area contributed by atoms with E-state index in [0.29, 0.717) is 48.4 Å². The van der Waals surface area contributed by atoms with Gasteiger partial charge in [0.25, 0.3) is 5.91 Å². The van der Waals surface area contributed by atoms with E-state index in [-0.39, 0.29) is 31.2 Å². The van der Waals surface area contributed by atoms with Crippen molar-refractivity contribution in [2.45, 2.75) is 38.3 Å². The van der Waals surface area contributed by atoms with Gasteiger partial charge in [0.05, 0.1) is 30.4 Å². The number of hydrogen-bond acceptors (Lipinski definition) is 6. The topological polar surface area (TPSA) is 93.8 Å². The van der Waals surface area contributed by atoms with E-state index >= 15 is 4.39 Å². The van der Waals surface area contributed by atoms with E-state index in [0.717, 1.165) is 11.8 Å². The average molecular weight is 509 g/mol. The first kappa shape index (κ1) is 24.7. The Hall–Kier alpha value is -3.95. The summed E-state index contributed by atoms with van der Waals surface area (Å²) in [4.78, 5) is 54.0. The molecule has 9 nitrogen and oxygen atoms in total. The number of amides is 2. The number of methoxy groups -OCH3 is 1. The second kappa shape index (κ2) is 9.84. The zero-order valence-electron chi connectivity index (χ0n) is 20.9. The molecule has 1 atom stereocenters. The lowest BCUT2D eigenvalue weighted by molar-refractivity contribution is -0.151. The van der Waals surface area contributed by atoms with Crippen molar-refractivity contribution in [3.63, 3.8) is 0 Å². The molecule has 0 radical (unpaired) electrons. The van der Waals surface area contributed by atoms with Gasteiger partial charge in [0, 0.05) is 32.5 Å². The van der Waals surface area contributed by atoms with Crippen molar-refractivity contribution in [2.75, 3.05) is 25.1 Å². The number of halogens is 1. The Labute approximate surface area is 213 Å². The Morgan fingerprint density at radius 3 is 2.38 bits per heavy atom. The van der Waals surface area contributed by atoms with Crippen LogP contribution in [0.2, 0.25) is 0 Å². The Balaban J connectivity index is 1.52. The molecular weight excluding hydrogens is 479 g/mol. The number of benzene rings is 2. The molecule has 3 aromatic rings. The Morgan fingerprint density at radius 1 is 1.03 bits per heavy atom. The predicted octanol–water partition coefficient (Wildman–Crippen LogP) is 2.79. The molecule has 3 heterocycles. The van der Waals surface area contributed by atoms with E-state index in [1.54, 1.807) is 38.4 Å². The Kier molecular flexibility index (Phi) is 6.57. The van der Waals surface area contributed by atoms with Gasteiger partial charge >= 0.3 is 5.69 Å². The minimum atomic E-state index is -0.883. The number of likely N-dealkylation sites (tertiary alicyclic amines) is 1. The van der Waals surface area contributed by atoms with Crippen molar-refractivity contribution in [1.29, 1.82) is 0 Å². The lowest BCUT2D eigenvalue weighted by Crippen LogP contribution is -2.47. The van der Waals surface area contributed by atoms with Gasteiger partial charge in [-0.05, 0) is 49.1 Å². The number of aromatic nitrogens is 2. The van der Waals surface area contributed by atoms with Crippen LogP contribution in [0.1, 0.15) is 37.3 Å². The number of aldehydes is 1. The maximum Gasteiger partial charge on any atom is 0.329 e. The smallest absolute Gasteiger partial charge is 0.329 e. The van der Waals surface area contributed by atoms with Crippen LogP contribution in [0.25, 0.3) is 11.0 Å². The van der Waals surface area contributed by atoms with Gasteiger partial charge in [-0.3, -0.25) is 23.6 Å². The number of fused-ring (bicyclic) bond motifs is 1. The summed E-state index contributed by atoms with van der Waals surface area (Å²) in [7, 11) is 3.12.